The summed E-state index contributed by atoms with van der Waals surface area (Å²) >= 11 is 3.34. The number of rotatable bonds is 4. The molecule has 122 valence electrons. The number of hydrogen-bond acceptors (Lipinski definition) is 5. The molecule has 0 aromatic heterocycles. The van der Waals surface area contributed by atoms with Crippen LogP contribution >= 0.6 is 15.9 Å². The first kappa shape index (κ1) is 18.3. The summed E-state index contributed by atoms with van der Waals surface area (Å²) in [6, 6.07) is 4.06. The van der Waals surface area contributed by atoms with Gasteiger partial charge in [0, 0.05) is 0 Å². The first-order valence-corrected chi connectivity index (χ1v) is 7.38. The van der Waals surface area contributed by atoms with Crippen molar-refractivity contribution in [3.63, 3.8) is 0 Å². The van der Waals surface area contributed by atoms with Gasteiger partial charge < -0.3 is 19.5 Å². The second-order valence-electron chi connectivity index (χ2n) is 5.50. The number of nitrogens with one attached hydrogen (secondary N) is 1. The summed E-state index contributed by atoms with van der Waals surface area (Å²) in [4.78, 5) is 23.8. The Morgan fingerprint density at radius 2 is 1.86 bits per heavy atom. The molecular formula is C15H20BrNO5. The van der Waals surface area contributed by atoms with Crippen molar-refractivity contribution in [2.24, 2.45) is 0 Å². The molecule has 0 aliphatic carbocycles. The van der Waals surface area contributed by atoms with Crippen LogP contribution in [0.3, 0.4) is 0 Å². The quantitative estimate of drug-likeness (QED) is 0.820. The number of methoxy groups -OCH3 is 2. The molecule has 1 rings (SSSR count). The van der Waals surface area contributed by atoms with Crippen LogP contribution in [0.2, 0.25) is 0 Å². The zero-order valence-electron chi connectivity index (χ0n) is 13.2. The molecule has 6 nitrogen and oxygen atoms in total. The minimum Gasteiger partial charge on any atom is -0.496 e. The Balaban J connectivity index is 3.01. The number of alkyl carbamates (subject to hydrolysis) is 1. The summed E-state index contributed by atoms with van der Waals surface area (Å²) in [6.07, 6.45) is -0.699. The lowest BCUT2D eigenvalue weighted by Crippen LogP contribution is -2.38. The molecule has 7 heteroatoms. The summed E-state index contributed by atoms with van der Waals surface area (Å²) < 4.78 is 15.7. The summed E-state index contributed by atoms with van der Waals surface area (Å²) in [5.41, 5.74) is -0.115. The Hall–Kier alpha value is -1.76. The molecular weight excluding hydrogens is 354 g/mol. The number of hydrogen-bond donors (Lipinski definition) is 1. The Morgan fingerprint density at radius 1 is 1.23 bits per heavy atom. The van der Waals surface area contributed by atoms with Gasteiger partial charge in [-0.15, -0.1) is 0 Å². The Morgan fingerprint density at radius 3 is 2.32 bits per heavy atom. The van der Waals surface area contributed by atoms with Gasteiger partial charge in [-0.25, -0.2) is 9.59 Å². The van der Waals surface area contributed by atoms with Crippen LogP contribution in [0.4, 0.5) is 4.79 Å². The average Bonchev–Trinajstić information content (AvgIpc) is 2.42. The van der Waals surface area contributed by atoms with Gasteiger partial charge in [0.1, 0.15) is 11.4 Å². The second kappa shape index (κ2) is 7.49. The fourth-order valence-electron chi connectivity index (χ4n) is 1.68. The van der Waals surface area contributed by atoms with Crippen molar-refractivity contribution in [1.29, 1.82) is 0 Å². The summed E-state index contributed by atoms with van der Waals surface area (Å²) in [5, 5.41) is 2.51. The molecule has 0 heterocycles. The number of amides is 1. The molecule has 1 aromatic carbocycles. The van der Waals surface area contributed by atoms with Crippen molar-refractivity contribution in [2.45, 2.75) is 32.4 Å². The molecule has 1 atom stereocenters. The van der Waals surface area contributed by atoms with E-state index in [-0.39, 0.29) is 0 Å². The highest BCUT2D eigenvalue weighted by atomic mass is 79.9. The van der Waals surface area contributed by atoms with Gasteiger partial charge in [-0.05, 0) is 54.4 Å². The topological polar surface area (TPSA) is 73.9 Å². The van der Waals surface area contributed by atoms with Gasteiger partial charge in [-0.1, -0.05) is 6.07 Å². The van der Waals surface area contributed by atoms with Gasteiger partial charge in [-0.2, -0.15) is 0 Å². The number of benzene rings is 1. The van der Waals surface area contributed by atoms with E-state index in [0.29, 0.717) is 15.8 Å². The number of halogens is 1. The predicted molar refractivity (Wildman–Crippen MR) is 84.8 cm³/mol. The lowest BCUT2D eigenvalue weighted by molar-refractivity contribution is -0.143. The molecule has 1 aromatic rings. The fraction of sp³-hybridized carbons (Fsp3) is 0.467. The lowest BCUT2D eigenvalue weighted by atomic mass is 10.1. The third-order valence-corrected chi connectivity index (χ3v) is 3.23. The van der Waals surface area contributed by atoms with Gasteiger partial charge >= 0.3 is 12.1 Å². The maximum absolute atomic E-state index is 11.9. The van der Waals surface area contributed by atoms with Crippen LogP contribution in [-0.4, -0.2) is 31.9 Å². The van der Waals surface area contributed by atoms with Crippen molar-refractivity contribution in [3.05, 3.63) is 28.2 Å². The third-order valence-electron chi connectivity index (χ3n) is 2.61. The minimum absolute atomic E-state index is 0.547. The first-order valence-electron chi connectivity index (χ1n) is 6.58. The van der Waals surface area contributed by atoms with Crippen molar-refractivity contribution in [1.82, 2.24) is 5.32 Å². The minimum atomic E-state index is -0.970. The highest BCUT2D eigenvalue weighted by molar-refractivity contribution is 9.10. The number of carbonyl (C=O) groups excluding carboxylic acids is 2. The normalized spacial score (nSPS) is 12.3. The van der Waals surface area contributed by atoms with E-state index in [1.165, 1.54) is 14.2 Å². The molecule has 0 unspecified atom stereocenters. The zero-order chi connectivity index (χ0) is 16.9. The van der Waals surface area contributed by atoms with E-state index in [1.54, 1.807) is 39.0 Å². The molecule has 1 amide bonds. The van der Waals surface area contributed by atoms with Crippen molar-refractivity contribution in [2.75, 3.05) is 14.2 Å². The van der Waals surface area contributed by atoms with Crippen molar-refractivity contribution >= 4 is 28.0 Å². The molecule has 0 fully saturated rings. The number of carbonyl (C=O) groups is 2. The Bertz CT molecular complexity index is 553. The molecule has 0 saturated heterocycles. The van der Waals surface area contributed by atoms with Crippen LogP contribution in [0, 0.1) is 0 Å². The van der Waals surface area contributed by atoms with Gasteiger partial charge in [0.2, 0.25) is 0 Å². The van der Waals surface area contributed by atoms with E-state index in [4.69, 9.17) is 14.2 Å². The SMILES string of the molecule is COC(=O)[C@H](NC(=O)OC(C)(C)C)c1ccc(OC)c(Br)c1. The number of esters is 1. The fourth-order valence-corrected chi connectivity index (χ4v) is 2.24. The molecule has 0 aliphatic rings. The van der Waals surface area contributed by atoms with Gasteiger partial charge in [0.25, 0.3) is 0 Å². The Labute approximate surface area is 138 Å². The molecule has 0 spiro atoms. The van der Waals surface area contributed by atoms with Gasteiger partial charge in [0.05, 0.1) is 18.7 Å². The summed E-state index contributed by atoms with van der Waals surface area (Å²) in [7, 11) is 2.79. The molecule has 0 saturated carbocycles. The monoisotopic (exact) mass is 373 g/mol. The highest BCUT2D eigenvalue weighted by Gasteiger charge is 2.27. The lowest BCUT2D eigenvalue weighted by Gasteiger charge is -2.23. The zero-order valence-corrected chi connectivity index (χ0v) is 14.8. The van der Waals surface area contributed by atoms with E-state index >= 15 is 0 Å². The van der Waals surface area contributed by atoms with Gasteiger partial charge in [0.15, 0.2) is 6.04 Å². The van der Waals surface area contributed by atoms with Crippen molar-refractivity contribution < 1.29 is 23.8 Å². The summed E-state index contributed by atoms with van der Waals surface area (Å²) in [6.45, 7) is 5.22. The molecule has 0 bridgehead atoms. The summed E-state index contributed by atoms with van der Waals surface area (Å²) in [5.74, 6) is 0.0209. The Kier molecular flexibility index (Phi) is 6.22. The third kappa shape index (κ3) is 5.22. The van der Waals surface area contributed by atoms with E-state index in [2.05, 4.69) is 21.2 Å². The first-order chi connectivity index (χ1) is 10.2. The van der Waals surface area contributed by atoms with Crippen molar-refractivity contribution in [3.8, 4) is 5.75 Å². The van der Waals surface area contributed by atoms with E-state index in [1.807, 2.05) is 0 Å². The van der Waals surface area contributed by atoms with Crippen LogP contribution < -0.4 is 10.1 Å². The molecule has 1 N–H and O–H groups in total. The highest BCUT2D eigenvalue weighted by Crippen LogP contribution is 2.28. The van der Waals surface area contributed by atoms with E-state index in [0.717, 1.165) is 0 Å². The molecule has 0 aliphatic heterocycles. The van der Waals surface area contributed by atoms with Gasteiger partial charge in [-0.3, -0.25) is 0 Å². The van der Waals surface area contributed by atoms with Crippen LogP contribution in [0.15, 0.2) is 22.7 Å². The maximum atomic E-state index is 11.9. The standard InChI is InChI=1S/C15H20BrNO5/c1-15(2,3)22-14(19)17-12(13(18)21-5)9-6-7-11(20-4)10(16)8-9/h6-8,12H,1-5H3,(H,17,19)/t12-/m1/s1. The predicted octanol–water partition coefficient (Wildman–Crippen LogP) is 3.20. The smallest absolute Gasteiger partial charge is 0.408 e. The largest absolute Gasteiger partial charge is 0.496 e. The van der Waals surface area contributed by atoms with Crippen LogP contribution in [0.5, 0.6) is 5.75 Å². The van der Waals surface area contributed by atoms with E-state index in [9.17, 15) is 9.59 Å². The molecule has 0 radical (unpaired) electrons. The van der Waals surface area contributed by atoms with E-state index < -0.39 is 23.7 Å². The molecule has 22 heavy (non-hydrogen) atoms. The van der Waals surface area contributed by atoms with Crippen LogP contribution in [0.1, 0.15) is 32.4 Å². The average molecular weight is 374 g/mol. The number of ether oxygens (including phenoxy) is 3. The van der Waals surface area contributed by atoms with Crippen LogP contribution in [-0.2, 0) is 14.3 Å². The van der Waals surface area contributed by atoms with Crippen LogP contribution in [0.25, 0.3) is 0 Å². The second-order valence-corrected chi connectivity index (χ2v) is 6.35. The maximum Gasteiger partial charge on any atom is 0.408 e.